The van der Waals surface area contributed by atoms with E-state index in [1.54, 1.807) is 42.5 Å². The molecule has 0 bridgehead atoms. The average molecular weight is 420 g/mol. The van der Waals surface area contributed by atoms with E-state index in [9.17, 15) is 9.59 Å². The van der Waals surface area contributed by atoms with E-state index in [-0.39, 0.29) is 17.6 Å². The van der Waals surface area contributed by atoms with Crippen LogP contribution in [0.15, 0.2) is 72.8 Å². The highest BCUT2D eigenvalue weighted by Crippen LogP contribution is 2.26. The monoisotopic (exact) mass is 419 g/mol. The Bertz CT molecular complexity index is 1030. The molecule has 0 aliphatic heterocycles. The molecule has 154 valence electrons. The molecule has 3 rings (SSSR count). The van der Waals surface area contributed by atoms with Gasteiger partial charge in [-0.2, -0.15) is 0 Å². The van der Waals surface area contributed by atoms with Crippen molar-refractivity contribution < 1.29 is 9.59 Å². The van der Waals surface area contributed by atoms with Crippen molar-refractivity contribution in [3.8, 4) is 0 Å². The Kier molecular flexibility index (Phi) is 7.07. The molecule has 0 heterocycles. The van der Waals surface area contributed by atoms with Crippen molar-refractivity contribution in [2.24, 2.45) is 5.92 Å². The van der Waals surface area contributed by atoms with Crippen molar-refractivity contribution in [1.29, 1.82) is 0 Å². The third kappa shape index (κ3) is 5.37. The number of nitrogens with one attached hydrogen (secondary N) is 1. The molecule has 0 saturated carbocycles. The summed E-state index contributed by atoms with van der Waals surface area (Å²) in [5.41, 5.74) is 3.58. The summed E-state index contributed by atoms with van der Waals surface area (Å²) >= 11 is 6.13. The standard InChI is InChI=1S/C26H26ClNO2/c1-17(2)15-19-9-11-20(12-10-19)18(3)26(30)28-24-14-13-22(27)16-23(24)25(29)21-7-5-4-6-8-21/h4-14,16-18H,15H2,1-3H3,(H,28,30)/t18-/m0/s1. The first-order valence-electron chi connectivity index (χ1n) is 10.1. The minimum Gasteiger partial charge on any atom is -0.325 e. The molecule has 0 fully saturated rings. The molecule has 3 aromatic carbocycles. The number of rotatable bonds is 7. The zero-order valence-electron chi connectivity index (χ0n) is 17.5. The number of anilines is 1. The van der Waals surface area contributed by atoms with Gasteiger partial charge in [0.1, 0.15) is 0 Å². The minimum atomic E-state index is -0.353. The van der Waals surface area contributed by atoms with Gasteiger partial charge < -0.3 is 5.32 Å². The lowest BCUT2D eigenvalue weighted by molar-refractivity contribution is -0.117. The highest BCUT2D eigenvalue weighted by molar-refractivity contribution is 6.31. The van der Waals surface area contributed by atoms with Crippen LogP contribution in [-0.4, -0.2) is 11.7 Å². The maximum absolute atomic E-state index is 13.0. The smallest absolute Gasteiger partial charge is 0.231 e. The zero-order valence-corrected chi connectivity index (χ0v) is 18.2. The first-order chi connectivity index (χ1) is 14.3. The van der Waals surface area contributed by atoms with Gasteiger partial charge in [-0.15, -0.1) is 0 Å². The summed E-state index contributed by atoms with van der Waals surface area (Å²) in [5, 5.41) is 3.36. The van der Waals surface area contributed by atoms with Crippen LogP contribution in [0.3, 0.4) is 0 Å². The molecule has 3 aromatic rings. The van der Waals surface area contributed by atoms with Gasteiger partial charge in [0.2, 0.25) is 5.91 Å². The lowest BCUT2D eigenvalue weighted by Crippen LogP contribution is -2.20. The number of benzene rings is 3. The maximum Gasteiger partial charge on any atom is 0.231 e. The molecular formula is C26H26ClNO2. The van der Waals surface area contributed by atoms with Gasteiger partial charge in [-0.05, 0) is 48.6 Å². The van der Waals surface area contributed by atoms with Crippen molar-refractivity contribution in [3.63, 3.8) is 0 Å². The van der Waals surface area contributed by atoms with E-state index in [0.717, 1.165) is 12.0 Å². The topological polar surface area (TPSA) is 46.2 Å². The van der Waals surface area contributed by atoms with Crippen LogP contribution in [0.5, 0.6) is 0 Å². The lowest BCUT2D eigenvalue weighted by Gasteiger charge is -2.16. The molecular weight excluding hydrogens is 394 g/mol. The Hall–Kier alpha value is -2.91. The molecule has 1 atom stereocenters. The largest absolute Gasteiger partial charge is 0.325 e. The molecule has 0 radical (unpaired) electrons. The van der Waals surface area contributed by atoms with E-state index >= 15 is 0 Å². The second-order valence-electron chi connectivity index (χ2n) is 7.94. The van der Waals surface area contributed by atoms with Crippen molar-refractivity contribution >= 4 is 29.0 Å². The van der Waals surface area contributed by atoms with E-state index in [0.29, 0.717) is 27.8 Å². The first kappa shape index (κ1) is 21.8. The SMILES string of the molecule is CC(C)Cc1ccc([C@H](C)C(=O)Nc2ccc(Cl)cc2C(=O)c2ccccc2)cc1. The Balaban J connectivity index is 1.80. The number of ketones is 1. The minimum absolute atomic E-state index is 0.170. The zero-order chi connectivity index (χ0) is 21.7. The molecule has 0 unspecified atom stereocenters. The number of hydrogen-bond donors (Lipinski definition) is 1. The van der Waals surface area contributed by atoms with Crippen LogP contribution in [0.1, 0.15) is 53.7 Å². The molecule has 1 amide bonds. The predicted octanol–water partition coefficient (Wildman–Crippen LogP) is 6.51. The van der Waals surface area contributed by atoms with Gasteiger partial charge in [0.15, 0.2) is 5.78 Å². The first-order valence-corrected chi connectivity index (χ1v) is 10.5. The van der Waals surface area contributed by atoms with Crippen LogP contribution >= 0.6 is 11.6 Å². The van der Waals surface area contributed by atoms with Crippen LogP contribution in [0.4, 0.5) is 5.69 Å². The highest BCUT2D eigenvalue weighted by atomic mass is 35.5. The third-order valence-electron chi connectivity index (χ3n) is 5.04. The Morgan fingerprint density at radius 1 is 0.900 bits per heavy atom. The molecule has 0 saturated heterocycles. The fraction of sp³-hybridized carbons (Fsp3) is 0.231. The number of carbonyl (C=O) groups is 2. The van der Waals surface area contributed by atoms with Gasteiger partial charge in [0.25, 0.3) is 0 Å². The molecule has 0 spiro atoms. The van der Waals surface area contributed by atoms with E-state index < -0.39 is 0 Å². The van der Waals surface area contributed by atoms with Crippen LogP contribution in [-0.2, 0) is 11.2 Å². The van der Waals surface area contributed by atoms with Crippen molar-refractivity contribution in [1.82, 2.24) is 0 Å². The van der Waals surface area contributed by atoms with E-state index in [2.05, 4.69) is 31.3 Å². The summed E-state index contributed by atoms with van der Waals surface area (Å²) in [6, 6.07) is 22.0. The molecule has 0 aromatic heterocycles. The van der Waals surface area contributed by atoms with E-state index in [1.807, 2.05) is 25.1 Å². The van der Waals surface area contributed by atoms with Crippen molar-refractivity contribution in [3.05, 3.63) is 100 Å². The Labute approximate surface area is 183 Å². The Morgan fingerprint density at radius 3 is 2.20 bits per heavy atom. The highest BCUT2D eigenvalue weighted by Gasteiger charge is 2.20. The maximum atomic E-state index is 13.0. The summed E-state index contributed by atoms with van der Waals surface area (Å²) in [7, 11) is 0. The van der Waals surface area contributed by atoms with Crippen molar-refractivity contribution in [2.45, 2.75) is 33.1 Å². The second-order valence-corrected chi connectivity index (χ2v) is 8.37. The fourth-order valence-electron chi connectivity index (χ4n) is 3.36. The van der Waals surface area contributed by atoms with Crippen molar-refractivity contribution in [2.75, 3.05) is 5.32 Å². The molecule has 0 aliphatic rings. The summed E-state index contributed by atoms with van der Waals surface area (Å²) < 4.78 is 0. The molecule has 0 aliphatic carbocycles. The van der Waals surface area contributed by atoms with Gasteiger partial charge >= 0.3 is 0 Å². The molecule has 4 heteroatoms. The van der Waals surface area contributed by atoms with Crippen LogP contribution in [0.2, 0.25) is 5.02 Å². The second kappa shape index (κ2) is 9.73. The predicted molar refractivity (Wildman–Crippen MR) is 123 cm³/mol. The van der Waals surface area contributed by atoms with Gasteiger partial charge in [-0.3, -0.25) is 9.59 Å². The Morgan fingerprint density at radius 2 is 1.57 bits per heavy atom. The van der Waals surface area contributed by atoms with Gasteiger partial charge in [-0.1, -0.05) is 80.0 Å². The number of carbonyl (C=O) groups excluding carboxylic acids is 2. The summed E-state index contributed by atoms with van der Waals surface area (Å²) in [4.78, 5) is 25.9. The number of amides is 1. The molecule has 3 nitrogen and oxygen atoms in total. The van der Waals surface area contributed by atoms with Gasteiger partial charge in [0.05, 0.1) is 11.6 Å². The quantitative estimate of drug-likeness (QED) is 0.443. The van der Waals surface area contributed by atoms with Crippen LogP contribution in [0.25, 0.3) is 0 Å². The molecule has 30 heavy (non-hydrogen) atoms. The third-order valence-corrected chi connectivity index (χ3v) is 5.27. The molecule has 1 N–H and O–H groups in total. The van der Waals surface area contributed by atoms with Gasteiger partial charge in [-0.25, -0.2) is 0 Å². The normalized spacial score (nSPS) is 11.9. The fourth-order valence-corrected chi connectivity index (χ4v) is 3.54. The van der Waals surface area contributed by atoms with E-state index in [1.165, 1.54) is 5.56 Å². The summed E-state index contributed by atoms with van der Waals surface area (Å²) in [5.74, 6) is -0.120. The van der Waals surface area contributed by atoms with E-state index in [4.69, 9.17) is 11.6 Å². The van der Waals surface area contributed by atoms with Crippen LogP contribution in [0, 0.1) is 5.92 Å². The number of halogens is 1. The number of hydrogen-bond acceptors (Lipinski definition) is 2. The lowest BCUT2D eigenvalue weighted by atomic mass is 9.96. The summed E-state index contributed by atoms with van der Waals surface area (Å²) in [6.07, 6.45) is 1.01. The van der Waals surface area contributed by atoms with Gasteiger partial charge in [0, 0.05) is 16.1 Å². The summed E-state index contributed by atoms with van der Waals surface area (Å²) in [6.45, 7) is 6.23. The average Bonchev–Trinajstić information content (AvgIpc) is 2.74. The van der Waals surface area contributed by atoms with Crippen LogP contribution < -0.4 is 5.32 Å².